The van der Waals surface area contributed by atoms with Crippen LogP contribution in [0, 0.1) is 5.82 Å². The molecule has 0 radical (unpaired) electrons. The van der Waals surface area contributed by atoms with Gasteiger partial charge in [0.2, 0.25) is 0 Å². The Morgan fingerprint density at radius 2 is 1.76 bits per heavy atom. The van der Waals surface area contributed by atoms with Gasteiger partial charge >= 0.3 is 12.1 Å². The van der Waals surface area contributed by atoms with E-state index < -0.39 is 53.7 Å². The van der Waals surface area contributed by atoms with Crippen molar-refractivity contribution in [1.82, 2.24) is 10.2 Å². The van der Waals surface area contributed by atoms with Crippen LogP contribution in [-0.4, -0.2) is 59.0 Å². The van der Waals surface area contributed by atoms with E-state index >= 15 is 0 Å². The van der Waals surface area contributed by atoms with Gasteiger partial charge in [0, 0.05) is 23.2 Å². The zero-order chi connectivity index (χ0) is 30.7. The molecule has 0 aliphatic carbocycles. The number of carbonyl (C=O) groups is 4. The van der Waals surface area contributed by atoms with E-state index in [1.807, 2.05) is 6.92 Å². The summed E-state index contributed by atoms with van der Waals surface area (Å²) in [6, 6.07) is 7.35. The number of hydrogen-bond donors (Lipinski definition) is 1. The van der Waals surface area contributed by atoms with Crippen LogP contribution >= 0.6 is 11.6 Å². The summed E-state index contributed by atoms with van der Waals surface area (Å²) < 4.78 is 31.3. The van der Waals surface area contributed by atoms with Crippen LogP contribution in [-0.2, 0) is 14.3 Å². The predicted octanol–water partition coefficient (Wildman–Crippen LogP) is 5.88. The lowest BCUT2D eigenvalue weighted by molar-refractivity contribution is -0.166. The number of esters is 1. The molecule has 2 aromatic carbocycles. The number of amides is 2. The maximum atomic E-state index is 13.7. The van der Waals surface area contributed by atoms with Crippen molar-refractivity contribution in [3.63, 3.8) is 0 Å². The van der Waals surface area contributed by atoms with Crippen LogP contribution in [0.25, 0.3) is 0 Å². The van der Waals surface area contributed by atoms with Crippen molar-refractivity contribution < 1.29 is 37.8 Å². The zero-order valence-corrected chi connectivity index (χ0v) is 25.1. The van der Waals surface area contributed by atoms with Crippen molar-refractivity contribution in [2.75, 3.05) is 13.1 Å². The molecule has 0 fully saturated rings. The van der Waals surface area contributed by atoms with Gasteiger partial charge in [0.15, 0.2) is 11.9 Å². The van der Waals surface area contributed by atoms with Crippen molar-refractivity contribution in [2.24, 2.45) is 0 Å². The van der Waals surface area contributed by atoms with E-state index in [0.29, 0.717) is 23.3 Å². The van der Waals surface area contributed by atoms with Gasteiger partial charge in [0.1, 0.15) is 29.3 Å². The molecule has 3 rings (SSSR count). The van der Waals surface area contributed by atoms with Crippen LogP contribution in [0.2, 0.25) is 5.02 Å². The summed E-state index contributed by atoms with van der Waals surface area (Å²) in [4.78, 5) is 52.7. The van der Waals surface area contributed by atoms with Crippen LogP contribution < -0.4 is 10.1 Å². The van der Waals surface area contributed by atoms with E-state index in [-0.39, 0.29) is 22.9 Å². The Labute approximate surface area is 244 Å². The molecule has 1 aliphatic heterocycles. The number of hydrogen-bond acceptors (Lipinski definition) is 7. The van der Waals surface area contributed by atoms with Crippen LogP contribution in [0.4, 0.5) is 9.18 Å². The first-order valence-electron chi connectivity index (χ1n) is 13.3. The van der Waals surface area contributed by atoms with Crippen molar-refractivity contribution in [3.05, 3.63) is 63.9 Å². The Balaban J connectivity index is 1.97. The number of fused-ring (bicyclic) bond motifs is 1. The highest BCUT2D eigenvalue weighted by Gasteiger charge is 2.48. The second-order valence-corrected chi connectivity index (χ2v) is 11.8. The summed E-state index contributed by atoms with van der Waals surface area (Å²) in [5, 5.41) is 2.62. The number of benzene rings is 2. The molecule has 2 aromatic rings. The normalized spacial score (nSPS) is 17.5. The minimum Gasteiger partial charge on any atom is -0.484 e. The summed E-state index contributed by atoms with van der Waals surface area (Å²) in [5.74, 6) is -1.87. The van der Waals surface area contributed by atoms with E-state index in [9.17, 15) is 23.6 Å². The predicted molar refractivity (Wildman–Crippen MR) is 151 cm³/mol. The molecule has 1 heterocycles. The molecule has 11 heteroatoms. The smallest absolute Gasteiger partial charge is 0.410 e. The topological polar surface area (TPSA) is 111 Å². The molecule has 0 unspecified atom stereocenters. The fraction of sp³-hybridized carbons (Fsp3) is 0.467. The third-order valence-electron chi connectivity index (χ3n) is 6.30. The lowest BCUT2D eigenvalue weighted by Crippen LogP contribution is -2.56. The molecule has 1 N–H and O–H groups in total. The molecular weight excluding hydrogens is 555 g/mol. The molecule has 0 aromatic heterocycles. The number of ketones is 1. The second kappa shape index (κ2) is 12.5. The van der Waals surface area contributed by atoms with Crippen molar-refractivity contribution in [2.45, 2.75) is 78.2 Å². The lowest BCUT2D eigenvalue weighted by Gasteiger charge is -2.44. The monoisotopic (exact) mass is 590 g/mol. The van der Waals surface area contributed by atoms with E-state index in [2.05, 4.69) is 5.32 Å². The molecule has 0 saturated heterocycles. The fourth-order valence-electron chi connectivity index (χ4n) is 4.40. The highest BCUT2D eigenvalue weighted by Crippen LogP contribution is 2.42. The number of Topliss-reactive ketones (excluding diaryl/α,β-unsaturated/α-hetero) is 1. The Kier molecular flexibility index (Phi) is 9.69. The Morgan fingerprint density at radius 1 is 1.10 bits per heavy atom. The summed E-state index contributed by atoms with van der Waals surface area (Å²) in [7, 11) is 0. The van der Waals surface area contributed by atoms with Gasteiger partial charge in [-0.05, 0) is 84.4 Å². The molecule has 0 saturated carbocycles. The van der Waals surface area contributed by atoms with Crippen LogP contribution in [0.5, 0.6) is 5.75 Å². The van der Waals surface area contributed by atoms with E-state index in [1.165, 1.54) is 24.0 Å². The lowest BCUT2D eigenvalue weighted by atomic mass is 9.85. The SMILES string of the molecule is CCCN(CC(=O)O[C@H]1[C@@H](NC(=O)c2ccc(F)c(Cl)c2)c2cc(C(C)=O)ccc2OC1(C)C)C(=O)OC(C)(C)C. The number of nitrogens with zero attached hydrogens (tertiary/aromatic N) is 1. The van der Waals surface area contributed by atoms with Crippen LogP contribution in [0.1, 0.15) is 87.2 Å². The standard InChI is InChI=1S/C30H36ClFN2O7/c1-8-13-34(28(38)41-29(3,4)5)16-24(36)39-26-25(33-27(37)19-9-11-22(32)21(31)15-19)20-14-18(17(2)35)10-12-23(20)40-30(26,6)7/h9-12,14-15,25-26H,8,13,16H2,1-7H3,(H,33,37)/t25-,26-/m0/s1. The van der Waals surface area contributed by atoms with Gasteiger partial charge < -0.3 is 19.5 Å². The highest BCUT2D eigenvalue weighted by molar-refractivity contribution is 6.31. The zero-order valence-electron chi connectivity index (χ0n) is 24.3. The molecule has 2 atom stereocenters. The van der Waals surface area contributed by atoms with Gasteiger partial charge in [0.05, 0.1) is 11.1 Å². The summed E-state index contributed by atoms with van der Waals surface area (Å²) >= 11 is 5.90. The van der Waals surface area contributed by atoms with E-state index in [1.54, 1.807) is 52.8 Å². The maximum absolute atomic E-state index is 13.7. The van der Waals surface area contributed by atoms with Gasteiger partial charge in [-0.15, -0.1) is 0 Å². The highest BCUT2D eigenvalue weighted by atomic mass is 35.5. The van der Waals surface area contributed by atoms with Gasteiger partial charge in [-0.1, -0.05) is 18.5 Å². The van der Waals surface area contributed by atoms with Crippen molar-refractivity contribution >= 4 is 35.4 Å². The number of halogens is 2. The maximum Gasteiger partial charge on any atom is 0.410 e. The first kappa shape index (κ1) is 31.9. The van der Waals surface area contributed by atoms with Gasteiger partial charge in [-0.2, -0.15) is 0 Å². The molecular formula is C30H36ClFN2O7. The average molecular weight is 591 g/mol. The van der Waals surface area contributed by atoms with Gasteiger partial charge in [0.25, 0.3) is 5.91 Å². The van der Waals surface area contributed by atoms with Crippen LogP contribution in [0.3, 0.4) is 0 Å². The number of ether oxygens (including phenoxy) is 3. The quantitative estimate of drug-likeness (QED) is 0.302. The number of rotatable bonds is 8. The first-order chi connectivity index (χ1) is 19.0. The molecule has 41 heavy (non-hydrogen) atoms. The number of carbonyl (C=O) groups excluding carboxylic acids is 4. The van der Waals surface area contributed by atoms with Crippen molar-refractivity contribution in [1.29, 1.82) is 0 Å². The minimum atomic E-state index is -1.15. The number of nitrogens with one attached hydrogen (secondary N) is 1. The second-order valence-electron chi connectivity index (χ2n) is 11.4. The van der Waals surface area contributed by atoms with Gasteiger partial charge in [-0.3, -0.25) is 19.3 Å². The van der Waals surface area contributed by atoms with Crippen molar-refractivity contribution in [3.8, 4) is 5.75 Å². The third-order valence-corrected chi connectivity index (χ3v) is 6.59. The molecule has 9 nitrogen and oxygen atoms in total. The molecule has 0 bridgehead atoms. The summed E-state index contributed by atoms with van der Waals surface area (Å²) in [6.07, 6.45) is -1.18. The van der Waals surface area contributed by atoms with E-state index in [4.69, 9.17) is 25.8 Å². The minimum absolute atomic E-state index is 0.0779. The Hall–Kier alpha value is -3.66. The molecule has 0 spiro atoms. The Morgan fingerprint density at radius 3 is 2.34 bits per heavy atom. The first-order valence-corrected chi connectivity index (χ1v) is 13.7. The van der Waals surface area contributed by atoms with Gasteiger partial charge in [-0.25, -0.2) is 9.18 Å². The average Bonchev–Trinajstić information content (AvgIpc) is 2.85. The third kappa shape index (κ3) is 7.97. The summed E-state index contributed by atoms with van der Waals surface area (Å²) in [6.45, 7) is 11.7. The van der Waals surface area contributed by atoms with E-state index in [0.717, 1.165) is 6.07 Å². The largest absolute Gasteiger partial charge is 0.484 e. The van der Waals surface area contributed by atoms with Crippen LogP contribution in [0.15, 0.2) is 36.4 Å². The summed E-state index contributed by atoms with van der Waals surface area (Å²) in [5.41, 5.74) is -1.06. The molecule has 2 amide bonds. The molecule has 222 valence electrons. The molecule has 1 aliphatic rings. The fourth-order valence-corrected chi connectivity index (χ4v) is 4.58. The Bertz CT molecular complexity index is 1340.